The van der Waals surface area contributed by atoms with E-state index < -0.39 is 17.1 Å². The molecule has 8 unspecified atom stereocenters. The average molecular weight is 546 g/mol. The Bertz CT molecular complexity index is 1390. The van der Waals surface area contributed by atoms with Crippen LogP contribution in [0.5, 0.6) is 0 Å². The second-order valence-corrected chi connectivity index (χ2v) is 13.7. The number of para-hydroxylation sites is 1. The maximum atomic E-state index is 13.7. The van der Waals surface area contributed by atoms with Crippen molar-refractivity contribution < 1.29 is 15.0 Å². The molecule has 4 aliphatic rings. The van der Waals surface area contributed by atoms with Gasteiger partial charge >= 0.3 is 0 Å². The Kier molecular flexibility index (Phi) is 6.63. The normalized spacial score (nSPS) is 40.5. The Morgan fingerprint density at radius 2 is 2.00 bits per heavy atom. The molecule has 0 spiro atoms. The zero-order valence-corrected chi connectivity index (χ0v) is 23.9. The maximum Gasteiger partial charge on any atom is 0.175 e. The first-order valence-electron chi connectivity index (χ1n) is 14.3. The van der Waals surface area contributed by atoms with Crippen LogP contribution in [0.15, 0.2) is 58.1 Å². The predicted octanol–water partition coefficient (Wildman–Crippen LogP) is 5.51. The molecule has 1 aromatic heterocycles. The molecule has 6 rings (SSSR count). The van der Waals surface area contributed by atoms with E-state index in [2.05, 4.69) is 24.9 Å². The van der Waals surface area contributed by atoms with E-state index in [1.54, 1.807) is 7.05 Å². The Balaban J connectivity index is 1.24. The molecule has 206 valence electrons. The monoisotopic (exact) mass is 545 g/mol. The fourth-order valence-electron chi connectivity index (χ4n) is 9.05. The van der Waals surface area contributed by atoms with Crippen LogP contribution in [0, 0.1) is 39.9 Å². The van der Waals surface area contributed by atoms with E-state index in [9.17, 15) is 15.0 Å². The molecular formula is C32H39N3O3S. The number of carbonyl (C=O) groups excluding carboxylic acids is 1. The third kappa shape index (κ3) is 3.98. The summed E-state index contributed by atoms with van der Waals surface area (Å²) in [6, 6.07) is 11.9. The number of aliphatic hydroxyl groups excluding tert-OH is 1. The standard InChI is InChI=1S/C32H39N3O3S/c1-30-15-20(17-33)25(34-3)14-21(30)9-10-22-23-12-13-32(38,31(23,2)16-26(36)29(22)30)27(37)18-39-28-11-8-19-6-4-5-7-24(19)35-28/h4-8,11,14,17,20,22-23,26,29,33,36,38H,9-10,12-13,15-16,18H2,1-3H3. The van der Waals surface area contributed by atoms with Gasteiger partial charge in [0.25, 0.3) is 0 Å². The van der Waals surface area contributed by atoms with Crippen molar-refractivity contribution >= 4 is 40.4 Å². The minimum absolute atomic E-state index is 0.0363. The van der Waals surface area contributed by atoms with Crippen molar-refractivity contribution in [2.45, 2.75) is 69.1 Å². The largest absolute Gasteiger partial charge is 0.393 e. The molecule has 39 heavy (non-hydrogen) atoms. The quantitative estimate of drug-likeness (QED) is 0.339. The number of fused-ring (bicyclic) bond motifs is 6. The molecule has 0 amide bonds. The molecule has 1 aromatic carbocycles. The molecular weight excluding hydrogens is 506 g/mol. The Morgan fingerprint density at radius 3 is 2.77 bits per heavy atom. The first kappa shape index (κ1) is 26.9. The molecule has 4 aliphatic carbocycles. The summed E-state index contributed by atoms with van der Waals surface area (Å²) in [5, 5.41) is 33.7. The van der Waals surface area contributed by atoms with Crippen molar-refractivity contribution in [2.75, 3.05) is 12.8 Å². The second kappa shape index (κ2) is 9.64. The van der Waals surface area contributed by atoms with E-state index in [1.807, 2.05) is 36.4 Å². The van der Waals surface area contributed by atoms with E-state index in [0.29, 0.717) is 12.8 Å². The number of aliphatic hydroxyl groups is 2. The zero-order valence-electron chi connectivity index (χ0n) is 23.1. The van der Waals surface area contributed by atoms with E-state index >= 15 is 0 Å². The number of pyridine rings is 1. The van der Waals surface area contributed by atoms with E-state index in [1.165, 1.54) is 23.5 Å². The summed E-state index contributed by atoms with van der Waals surface area (Å²) in [5.74, 6) is 0.465. The molecule has 0 bridgehead atoms. The Labute approximate surface area is 234 Å². The summed E-state index contributed by atoms with van der Waals surface area (Å²) in [6.45, 7) is 4.32. The number of carbonyl (C=O) groups is 1. The molecule has 6 nitrogen and oxygen atoms in total. The van der Waals surface area contributed by atoms with Gasteiger partial charge in [0.15, 0.2) is 5.78 Å². The van der Waals surface area contributed by atoms with Crippen molar-refractivity contribution in [2.24, 2.45) is 39.5 Å². The first-order chi connectivity index (χ1) is 18.6. The SMILES string of the molecule is CN=C1C=C2CCC3C(C(O)CC4(C)C3CCC4(O)C(=O)CSc3ccc4ccccc4n3)C2(C)CC1C=N. The Hall–Kier alpha value is -2.35. The number of aliphatic imine (C=N–C) groups is 1. The summed E-state index contributed by atoms with van der Waals surface area (Å²) in [5.41, 5.74) is 0.885. The number of rotatable bonds is 5. The zero-order chi connectivity index (χ0) is 27.6. The first-order valence-corrected chi connectivity index (χ1v) is 15.2. The van der Waals surface area contributed by atoms with Crippen molar-refractivity contribution in [3.05, 3.63) is 48.0 Å². The topological polar surface area (TPSA) is 107 Å². The molecule has 1 heterocycles. The predicted molar refractivity (Wildman–Crippen MR) is 157 cm³/mol. The molecule has 2 aromatic rings. The summed E-state index contributed by atoms with van der Waals surface area (Å²) in [6.07, 6.45) is 7.43. The molecule has 7 heteroatoms. The number of allylic oxidation sites excluding steroid dienone is 2. The number of hydrogen-bond donors (Lipinski definition) is 3. The van der Waals surface area contributed by atoms with Crippen LogP contribution in [0.25, 0.3) is 10.9 Å². The lowest BCUT2D eigenvalue weighted by Crippen LogP contribution is -2.62. The number of nitrogens with one attached hydrogen (secondary N) is 1. The maximum absolute atomic E-state index is 13.7. The number of Topliss-reactive ketones (excluding diaryl/α,β-unsaturated/α-hetero) is 1. The molecule has 0 aliphatic heterocycles. The van der Waals surface area contributed by atoms with Gasteiger partial charge in [0, 0.05) is 35.7 Å². The summed E-state index contributed by atoms with van der Waals surface area (Å²) >= 11 is 1.39. The second-order valence-electron chi connectivity index (χ2n) is 12.7. The van der Waals surface area contributed by atoms with Gasteiger partial charge < -0.3 is 15.6 Å². The third-order valence-electron chi connectivity index (χ3n) is 11.0. The molecule has 3 saturated carbocycles. The number of aromatic nitrogens is 1. The average Bonchev–Trinajstić information content (AvgIpc) is 3.21. The summed E-state index contributed by atoms with van der Waals surface area (Å²) in [7, 11) is 1.79. The number of nitrogens with zero attached hydrogens (tertiary/aromatic N) is 2. The van der Waals surface area contributed by atoms with Gasteiger partial charge in [-0.3, -0.25) is 9.79 Å². The molecule has 0 saturated heterocycles. The van der Waals surface area contributed by atoms with Gasteiger partial charge in [0.2, 0.25) is 0 Å². The van der Waals surface area contributed by atoms with Crippen molar-refractivity contribution in [3.63, 3.8) is 0 Å². The van der Waals surface area contributed by atoms with Gasteiger partial charge in [-0.2, -0.15) is 0 Å². The van der Waals surface area contributed by atoms with Crippen LogP contribution in [0.4, 0.5) is 0 Å². The summed E-state index contributed by atoms with van der Waals surface area (Å²) in [4.78, 5) is 22.9. The van der Waals surface area contributed by atoms with Crippen LogP contribution in [-0.4, -0.2) is 57.4 Å². The van der Waals surface area contributed by atoms with Gasteiger partial charge in [-0.1, -0.05) is 55.4 Å². The van der Waals surface area contributed by atoms with Crippen LogP contribution < -0.4 is 0 Å². The molecule has 0 radical (unpaired) electrons. The highest BCUT2D eigenvalue weighted by atomic mass is 32.2. The highest BCUT2D eigenvalue weighted by Crippen LogP contribution is 2.68. The van der Waals surface area contributed by atoms with Crippen LogP contribution in [-0.2, 0) is 4.79 Å². The van der Waals surface area contributed by atoms with Gasteiger partial charge in [0.05, 0.1) is 22.4 Å². The van der Waals surface area contributed by atoms with Crippen LogP contribution >= 0.6 is 11.8 Å². The highest BCUT2D eigenvalue weighted by Gasteiger charge is 2.68. The molecule has 3 N–H and O–H groups in total. The summed E-state index contributed by atoms with van der Waals surface area (Å²) < 4.78 is 0. The molecule has 3 fully saturated rings. The smallest absolute Gasteiger partial charge is 0.175 e. The van der Waals surface area contributed by atoms with Crippen LogP contribution in [0.2, 0.25) is 0 Å². The van der Waals surface area contributed by atoms with Crippen LogP contribution in [0.3, 0.4) is 0 Å². The lowest BCUT2D eigenvalue weighted by molar-refractivity contribution is -0.178. The fraction of sp³-hybridized carbons (Fsp3) is 0.562. The molecule has 8 atom stereocenters. The van der Waals surface area contributed by atoms with Gasteiger partial charge in [-0.15, -0.1) is 0 Å². The lowest BCUT2D eigenvalue weighted by Gasteiger charge is -2.61. The number of ketones is 1. The van der Waals surface area contributed by atoms with E-state index in [-0.39, 0.29) is 40.6 Å². The van der Waals surface area contributed by atoms with Crippen molar-refractivity contribution in [1.82, 2.24) is 4.98 Å². The van der Waals surface area contributed by atoms with Crippen molar-refractivity contribution in [1.29, 1.82) is 5.41 Å². The fourth-order valence-corrected chi connectivity index (χ4v) is 9.89. The van der Waals surface area contributed by atoms with Crippen LogP contribution in [0.1, 0.15) is 52.4 Å². The third-order valence-corrected chi connectivity index (χ3v) is 11.9. The van der Waals surface area contributed by atoms with E-state index in [0.717, 1.165) is 47.3 Å². The van der Waals surface area contributed by atoms with Gasteiger partial charge in [-0.05, 0) is 79.9 Å². The number of benzene rings is 1. The Morgan fingerprint density at radius 1 is 1.21 bits per heavy atom. The van der Waals surface area contributed by atoms with Crippen molar-refractivity contribution in [3.8, 4) is 0 Å². The minimum Gasteiger partial charge on any atom is -0.393 e. The number of thioether (sulfide) groups is 1. The van der Waals surface area contributed by atoms with E-state index in [4.69, 9.17) is 10.4 Å². The number of hydrogen-bond acceptors (Lipinski definition) is 7. The highest BCUT2D eigenvalue weighted by molar-refractivity contribution is 7.99. The van der Waals surface area contributed by atoms with Gasteiger partial charge in [-0.25, -0.2) is 4.98 Å². The van der Waals surface area contributed by atoms with Gasteiger partial charge in [0.1, 0.15) is 5.60 Å². The minimum atomic E-state index is -1.45. The lowest BCUT2D eigenvalue weighted by atomic mass is 9.45.